The van der Waals surface area contributed by atoms with Crippen molar-refractivity contribution in [2.75, 3.05) is 13.2 Å². The molecule has 6 rings (SSSR count). The fourth-order valence-electron chi connectivity index (χ4n) is 6.66. The lowest BCUT2D eigenvalue weighted by Gasteiger charge is -2.69. The van der Waals surface area contributed by atoms with E-state index < -0.39 is 84.0 Å². The van der Waals surface area contributed by atoms with Crippen molar-refractivity contribution >= 4 is 11.9 Å². The van der Waals surface area contributed by atoms with Gasteiger partial charge in [0.1, 0.15) is 47.6 Å². The highest BCUT2D eigenvalue weighted by Gasteiger charge is 2.90. The molecule has 0 radical (unpaired) electrons. The van der Waals surface area contributed by atoms with E-state index in [-0.39, 0.29) is 18.4 Å². The van der Waals surface area contributed by atoms with Crippen molar-refractivity contribution in [1.29, 1.82) is 0 Å². The number of ether oxygens (including phenoxy) is 4. The molecule has 5 fully saturated rings. The van der Waals surface area contributed by atoms with E-state index in [2.05, 4.69) is 0 Å². The van der Waals surface area contributed by atoms with E-state index in [9.17, 15) is 35.1 Å². The summed E-state index contributed by atoms with van der Waals surface area (Å²) in [7, 11) is 0. The van der Waals surface area contributed by atoms with E-state index >= 15 is 0 Å². The lowest BCUT2D eigenvalue weighted by atomic mass is 9.38. The van der Waals surface area contributed by atoms with Crippen LogP contribution < -0.4 is 0 Å². The Balaban J connectivity index is 1.49. The van der Waals surface area contributed by atoms with Crippen LogP contribution in [0.4, 0.5) is 0 Å². The smallest absolute Gasteiger partial charge is 0.338 e. The number of carbonyl (C=O) groups excluding carboxylic acids is 2. The molecule has 1 unspecified atom stereocenters. The number of hydrogen-bond donors (Lipinski definition) is 5. The van der Waals surface area contributed by atoms with Gasteiger partial charge in [-0.3, -0.25) is 4.79 Å². The molecule has 4 bridgehead atoms. The van der Waals surface area contributed by atoms with Crippen LogP contribution in [0.15, 0.2) is 30.3 Å². The van der Waals surface area contributed by atoms with Crippen LogP contribution >= 0.6 is 0 Å². The maximum Gasteiger partial charge on any atom is 0.338 e. The zero-order valence-corrected chi connectivity index (χ0v) is 19.4. The lowest BCUT2D eigenvalue weighted by molar-refractivity contribution is -0.403. The molecule has 1 aromatic rings. The molecule has 3 aliphatic carbocycles. The maximum absolute atomic E-state index is 13.4. The zero-order chi connectivity index (χ0) is 25.4. The van der Waals surface area contributed by atoms with Gasteiger partial charge in [-0.2, -0.15) is 0 Å². The average molecular weight is 494 g/mol. The SMILES string of the molecule is C[C@@]1(O)C[C@]2(C)OC(=O)C3(COC(=O)c4ccccc4)[C@H]1C[C@@]32O[C@@H]1O[C@H](CO)[C@@H](O)[C@H](O)[C@H]1O. The fraction of sp³-hybridized carbons (Fsp3) is 0.667. The van der Waals surface area contributed by atoms with E-state index in [1.807, 2.05) is 0 Å². The molecule has 0 spiro atoms. The molecule has 2 heterocycles. The fourth-order valence-corrected chi connectivity index (χ4v) is 6.66. The molecule has 1 aromatic carbocycles. The summed E-state index contributed by atoms with van der Waals surface area (Å²) >= 11 is 0. The third-order valence-electron chi connectivity index (χ3n) is 8.40. The van der Waals surface area contributed by atoms with Crippen LogP contribution in [0.25, 0.3) is 0 Å². The Hall–Kier alpha value is -2.12. The van der Waals surface area contributed by atoms with Gasteiger partial charge in [0.05, 0.1) is 17.8 Å². The number of fused-ring (bicyclic) bond motifs is 1. The number of carbonyl (C=O) groups is 2. The molecule has 35 heavy (non-hydrogen) atoms. The third kappa shape index (κ3) is 3.16. The molecule has 5 N–H and O–H groups in total. The molecule has 11 heteroatoms. The van der Waals surface area contributed by atoms with Crippen LogP contribution in [0.3, 0.4) is 0 Å². The third-order valence-corrected chi connectivity index (χ3v) is 8.40. The molecule has 0 amide bonds. The minimum Gasteiger partial charge on any atom is -0.461 e. The summed E-state index contributed by atoms with van der Waals surface area (Å²) in [6.07, 6.45) is -7.58. The Morgan fingerprint density at radius 1 is 1.11 bits per heavy atom. The molecular weight excluding hydrogens is 464 g/mol. The Morgan fingerprint density at radius 2 is 1.80 bits per heavy atom. The van der Waals surface area contributed by atoms with E-state index in [0.29, 0.717) is 0 Å². The summed E-state index contributed by atoms with van der Waals surface area (Å²) < 4.78 is 23.1. The molecule has 2 saturated heterocycles. The number of benzene rings is 1. The van der Waals surface area contributed by atoms with Crippen molar-refractivity contribution in [3.8, 4) is 0 Å². The molecule has 3 saturated carbocycles. The summed E-state index contributed by atoms with van der Waals surface area (Å²) in [5.41, 5.74) is -5.53. The molecule has 5 aliphatic rings. The van der Waals surface area contributed by atoms with Crippen molar-refractivity contribution in [2.24, 2.45) is 11.3 Å². The molecular formula is C24H30O11. The van der Waals surface area contributed by atoms with Crippen LogP contribution in [0.1, 0.15) is 37.0 Å². The largest absolute Gasteiger partial charge is 0.461 e. The second-order valence-corrected chi connectivity index (χ2v) is 10.5. The van der Waals surface area contributed by atoms with Crippen molar-refractivity contribution in [3.05, 3.63) is 35.9 Å². The van der Waals surface area contributed by atoms with Crippen LogP contribution in [0.2, 0.25) is 0 Å². The summed E-state index contributed by atoms with van der Waals surface area (Å²) in [6, 6.07) is 8.21. The van der Waals surface area contributed by atoms with Crippen LogP contribution in [-0.2, 0) is 23.7 Å². The predicted octanol–water partition coefficient (Wildman–Crippen LogP) is -1.12. The van der Waals surface area contributed by atoms with Gasteiger partial charge in [-0.15, -0.1) is 0 Å². The summed E-state index contributed by atoms with van der Waals surface area (Å²) in [5.74, 6) is -2.07. The van der Waals surface area contributed by atoms with Crippen molar-refractivity contribution < 1.29 is 54.1 Å². The molecule has 10 atom stereocenters. The lowest BCUT2D eigenvalue weighted by Crippen LogP contribution is -2.82. The number of esters is 2. The van der Waals surface area contributed by atoms with Crippen LogP contribution in [0.5, 0.6) is 0 Å². The molecule has 192 valence electrons. The summed E-state index contributed by atoms with van der Waals surface area (Å²) in [5, 5.41) is 51.7. The highest BCUT2D eigenvalue weighted by molar-refractivity contribution is 5.90. The number of rotatable bonds is 6. The van der Waals surface area contributed by atoms with E-state index in [4.69, 9.17) is 18.9 Å². The minimum absolute atomic E-state index is 0.0161. The van der Waals surface area contributed by atoms with Crippen molar-refractivity contribution in [2.45, 2.75) is 74.2 Å². The van der Waals surface area contributed by atoms with Gasteiger partial charge >= 0.3 is 11.9 Å². The van der Waals surface area contributed by atoms with Crippen LogP contribution in [0, 0.1) is 11.3 Å². The number of aliphatic hydroxyl groups is 5. The van der Waals surface area contributed by atoms with Crippen LogP contribution in [-0.4, -0.2) is 98.2 Å². The van der Waals surface area contributed by atoms with Gasteiger partial charge in [0, 0.05) is 12.3 Å². The monoisotopic (exact) mass is 494 g/mol. The Bertz CT molecular complexity index is 1010. The van der Waals surface area contributed by atoms with Gasteiger partial charge in [0.15, 0.2) is 6.29 Å². The van der Waals surface area contributed by atoms with Gasteiger partial charge in [-0.1, -0.05) is 18.2 Å². The topological polar surface area (TPSA) is 172 Å². The first-order chi connectivity index (χ1) is 16.4. The Morgan fingerprint density at radius 3 is 2.46 bits per heavy atom. The van der Waals surface area contributed by atoms with E-state index in [1.54, 1.807) is 44.2 Å². The van der Waals surface area contributed by atoms with E-state index in [1.165, 1.54) is 0 Å². The first-order valence-electron chi connectivity index (χ1n) is 11.6. The molecule has 0 aromatic heterocycles. The van der Waals surface area contributed by atoms with Crippen molar-refractivity contribution in [1.82, 2.24) is 0 Å². The number of hydrogen-bond acceptors (Lipinski definition) is 11. The number of aliphatic hydroxyl groups excluding tert-OH is 4. The Labute approximate surface area is 201 Å². The second-order valence-electron chi connectivity index (χ2n) is 10.5. The summed E-state index contributed by atoms with van der Waals surface area (Å²) in [4.78, 5) is 26.1. The quantitative estimate of drug-likeness (QED) is 0.303. The molecule has 2 aliphatic heterocycles. The van der Waals surface area contributed by atoms with Gasteiger partial charge in [-0.05, 0) is 32.4 Å². The summed E-state index contributed by atoms with van der Waals surface area (Å²) in [6.45, 7) is 2.08. The standard InChI is InChI=1S/C24H30O11/c1-21(31)10-22(2)24(34-19-17(28)16(27)15(26)13(9-25)33-19)8-14(21)23(24,20(30)35-22)11-32-18(29)12-6-4-3-5-7-12/h3-7,13-17,19,25-28,31H,8-11H2,1-2H3/t13-,14+,15-,16+,17-,19+,21-,22+,23?,24+/m1/s1. The van der Waals surface area contributed by atoms with Gasteiger partial charge in [-0.25, -0.2) is 4.79 Å². The normalized spacial score (nSPS) is 48.1. The first-order valence-corrected chi connectivity index (χ1v) is 11.6. The van der Waals surface area contributed by atoms with Gasteiger partial charge in [0.2, 0.25) is 0 Å². The van der Waals surface area contributed by atoms with Gasteiger partial charge < -0.3 is 44.5 Å². The maximum atomic E-state index is 13.4. The average Bonchev–Trinajstić information content (AvgIpc) is 2.88. The van der Waals surface area contributed by atoms with E-state index in [0.717, 1.165) is 0 Å². The highest BCUT2D eigenvalue weighted by atomic mass is 16.7. The highest BCUT2D eigenvalue weighted by Crippen LogP contribution is 2.75. The predicted molar refractivity (Wildman–Crippen MR) is 115 cm³/mol. The zero-order valence-electron chi connectivity index (χ0n) is 19.4. The van der Waals surface area contributed by atoms with Gasteiger partial charge in [0.25, 0.3) is 0 Å². The first kappa shape index (κ1) is 24.6. The molecule has 11 nitrogen and oxygen atoms in total. The minimum atomic E-state index is -1.70. The van der Waals surface area contributed by atoms with Crippen molar-refractivity contribution in [3.63, 3.8) is 0 Å². The second kappa shape index (κ2) is 7.94. The Kier molecular flexibility index (Phi) is 5.57.